The van der Waals surface area contributed by atoms with Crippen molar-refractivity contribution in [3.05, 3.63) is 41.8 Å². The van der Waals surface area contributed by atoms with Gasteiger partial charge in [-0.1, -0.05) is 0 Å². The molecule has 1 aliphatic carbocycles. The summed E-state index contributed by atoms with van der Waals surface area (Å²) < 4.78 is 13.5. The van der Waals surface area contributed by atoms with Gasteiger partial charge in [-0.25, -0.2) is 4.39 Å². The molecule has 2 nitrogen and oxygen atoms in total. The second-order valence-corrected chi connectivity index (χ2v) is 6.49. The highest BCUT2D eigenvalue weighted by molar-refractivity contribution is 5.85. The number of pyridine rings is 1. The number of benzene rings is 1. The van der Waals surface area contributed by atoms with Crippen molar-refractivity contribution in [1.29, 1.82) is 0 Å². The maximum atomic E-state index is 13.5. The lowest BCUT2D eigenvalue weighted by atomic mass is 9.76. The van der Waals surface area contributed by atoms with Gasteiger partial charge in [-0.2, -0.15) is 0 Å². The summed E-state index contributed by atoms with van der Waals surface area (Å²) in [6.07, 6.45) is 7.78. The van der Waals surface area contributed by atoms with Crippen molar-refractivity contribution in [2.24, 2.45) is 11.7 Å². The largest absolute Gasteiger partial charge is 0.328 e. The van der Waals surface area contributed by atoms with E-state index in [1.54, 1.807) is 12.1 Å². The predicted octanol–water partition coefficient (Wildman–Crippen LogP) is 4.81. The van der Waals surface area contributed by atoms with Crippen LogP contribution in [-0.2, 0) is 0 Å². The molecule has 1 unspecified atom stereocenters. The van der Waals surface area contributed by atoms with E-state index in [1.165, 1.54) is 37.3 Å². The Morgan fingerprint density at radius 1 is 1.23 bits per heavy atom. The van der Waals surface area contributed by atoms with Gasteiger partial charge in [0.25, 0.3) is 0 Å². The van der Waals surface area contributed by atoms with E-state index < -0.39 is 0 Å². The van der Waals surface area contributed by atoms with Crippen LogP contribution >= 0.6 is 12.4 Å². The first-order valence-corrected chi connectivity index (χ1v) is 7.93. The zero-order chi connectivity index (χ0) is 14.8. The average molecular weight is 323 g/mol. The molecule has 0 spiro atoms. The normalized spacial score (nSPS) is 23.0. The number of hydrogen-bond donors (Lipinski definition) is 1. The molecule has 3 rings (SSSR count). The van der Waals surface area contributed by atoms with Crippen LogP contribution in [0.4, 0.5) is 4.39 Å². The standard InChI is InChI=1S/C18H23FN2.ClH/c1-12(20)10-13-2-4-14(5-3-13)16-8-9-21-18-7-6-15(19)11-17(16)18;/h6-9,11-14H,2-5,10,20H2,1H3;1H. The molecule has 2 N–H and O–H groups in total. The molecular weight excluding hydrogens is 299 g/mol. The fourth-order valence-corrected chi connectivity index (χ4v) is 3.73. The number of aromatic nitrogens is 1. The molecule has 0 amide bonds. The van der Waals surface area contributed by atoms with Gasteiger partial charge >= 0.3 is 0 Å². The van der Waals surface area contributed by atoms with Gasteiger partial charge < -0.3 is 5.73 Å². The summed E-state index contributed by atoms with van der Waals surface area (Å²) in [5.41, 5.74) is 8.07. The molecule has 0 bridgehead atoms. The average Bonchev–Trinajstić information content (AvgIpc) is 2.47. The molecule has 1 atom stereocenters. The van der Waals surface area contributed by atoms with Crippen molar-refractivity contribution >= 4 is 23.3 Å². The minimum atomic E-state index is -0.178. The van der Waals surface area contributed by atoms with Crippen LogP contribution in [0.1, 0.15) is 50.5 Å². The summed E-state index contributed by atoms with van der Waals surface area (Å²) in [5, 5.41) is 0.980. The number of rotatable bonds is 3. The summed E-state index contributed by atoms with van der Waals surface area (Å²) in [6, 6.07) is 7.25. The van der Waals surface area contributed by atoms with Crippen molar-refractivity contribution < 1.29 is 4.39 Å². The minimum Gasteiger partial charge on any atom is -0.328 e. The Bertz CT molecular complexity index is 622. The van der Waals surface area contributed by atoms with Crippen LogP contribution in [0.15, 0.2) is 30.5 Å². The van der Waals surface area contributed by atoms with Crippen LogP contribution in [0.25, 0.3) is 10.9 Å². The van der Waals surface area contributed by atoms with Crippen LogP contribution < -0.4 is 5.73 Å². The van der Waals surface area contributed by atoms with Crippen LogP contribution in [-0.4, -0.2) is 11.0 Å². The van der Waals surface area contributed by atoms with Gasteiger partial charge in [0.1, 0.15) is 5.82 Å². The van der Waals surface area contributed by atoms with Crippen LogP contribution in [0.5, 0.6) is 0 Å². The predicted molar refractivity (Wildman–Crippen MR) is 91.9 cm³/mol. The lowest BCUT2D eigenvalue weighted by Crippen LogP contribution is -2.22. The molecule has 1 aromatic heterocycles. The Labute approximate surface area is 137 Å². The van der Waals surface area contributed by atoms with Crippen LogP contribution in [0, 0.1) is 11.7 Å². The van der Waals surface area contributed by atoms with E-state index in [0.29, 0.717) is 12.0 Å². The van der Waals surface area contributed by atoms with E-state index in [-0.39, 0.29) is 18.2 Å². The van der Waals surface area contributed by atoms with Crippen molar-refractivity contribution in [1.82, 2.24) is 4.98 Å². The van der Waals surface area contributed by atoms with E-state index in [0.717, 1.165) is 23.2 Å². The van der Waals surface area contributed by atoms with Crippen molar-refractivity contribution in [3.8, 4) is 0 Å². The molecule has 0 aliphatic heterocycles. The third-order valence-electron chi connectivity index (χ3n) is 4.73. The quantitative estimate of drug-likeness (QED) is 0.881. The lowest BCUT2D eigenvalue weighted by molar-refractivity contribution is 0.298. The number of nitrogens with zero attached hydrogens (tertiary/aromatic N) is 1. The van der Waals surface area contributed by atoms with Crippen LogP contribution in [0.3, 0.4) is 0 Å². The van der Waals surface area contributed by atoms with Gasteiger partial charge in [-0.15, -0.1) is 12.4 Å². The van der Waals surface area contributed by atoms with E-state index >= 15 is 0 Å². The summed E-state index contributed by atoms with van der Waals surface area (Å²) in [7, 11) is 0. The molecule has 0 saturated heterocycles. The highest BCUT2D eigenvalue weighted by Gasteiger charge is 2.24. The molecular formula is C18H24ClFN2. The van der Waals surface area contributed by atoms with Gasteiger partial charge in [0.15, 0.2) is 0 Å². The van der Waals surface area contributed by atoms with E-state index in [4.69, 9.17) is 5.73 Å². The Morgan fingerprint density at radius 3 is 2.64 bits per heavy atom. The molecule has 1 fully saturated rings. The Morgan fingerprint density at radius 2 is 1.95 bits per heavy atom. The fourth-order valence-electron chi connectivity index (χ4n) is 3.73. The number of hydrogen-bond acceptors (Lipinski definition) is 2. The Hall–Kier alpha value is -1.19. The smallest absolute Gasteiger partial charge is 0.123 e. The fraction of sp³-hybridized carbons (Fsp3) is 0.500. The van der Waals surface area contributed by atoms with Crippen molar-refractivity contribution in [2.45, 2.75) is 51.0 Å². The van der Waals surface area contributed by atoms with E-state index in [1.807, 2.05) is 6.20 Å². The third kappa shape index (κ3) is 3.76. The number of fused-ring (bicyclic) bond motifs is 1. The number of halogens is 2. The van der Waals surface area contributed by atoms with E-state index in [2.05, 4.69) is 18.0 Å². The van der Waals surface area contributed by atoms with Gasteiger partial charge in [0.05, 0.1) is 5.52 Å². The molecule has 1 aliphatic rings. The second kappa shape index (κ2) is 7.38. The molecule has 1 aromatic carbocycles. The first-order chi connectivity index (χ1) is 10.1. The van der Waals surface area contributed by atoms with Gasteiger partial charge in [0.2, 0.25) is 0 Å². The van der Waals surface area contributed by atoms with Gasteiger partial charge in [-0.3, -0.25) is 4.98 Å². The summed E-state index contributed by atoms with van der Waals surface area (Å²) in [6.45, 7) is 2.09. The Kier molecular flexibility index (Phi) is 5.76. The molecule has 1 heterocycles. The lowest BCUT2D eigenvalue weighted by Gasteiger charge is -2.30. The van der Waals surface area contributed by atoms with Crippen molar-refractivity contribution in [2.75, 3.05) is 0 Å². The second-order valence-electron chi connectivity index (χ2n) is 6.49. The SMILES string of the molecule is CC(N)CC1CCC(c2ccnc3ccc(F)cc23)CC1.Cl. The molecule has 1 saturated carbocycles. The Balaban J connectivity index is 0.00000176. The highest BCUT2D eigenvalue weighted by atomic mass is 35.5. The van der Waals surface area contributed by atoms with Gasteiger partial charge in [0, 0.05) is 17.6 Å². The third-order valence-corrected chi connectivity index (χ3v) is 4.73. The van der Waals surface area contributed by atoms with Crippen LogP contribution in [0.2, 0.25) is 0 Å². The monoisotopic (exact) mass is 322 g/mol. The van der Waals surface area contributed by atoms with E-state index in [9.17, 15) is 4.39 Å². The number of nitrogens with two attached hydrogens (primary N) is 1. The minimum absolute atomic E-state index is 0. The first-order valence-electron chi connectivity index (χ1n) is 7.93. The molecule has 120 valence electrons. The van der Waals surface area contributed by atoms with Crippen molar-refractivity contribution in [3.63, 3.8) is 0 Å². The molecule has 2 aromatic rings. The summed E-state index contributed by atoms with van der Waals surface area (Å²) in [4.78, 5) is 4.35. The molecule has 0 radical (unpaired) electrons. The first kappa shape index (κ1) is 17.2. The van der Waals surface area contributed by atoms with Gasteiger partial charge in [-0.05, 0) is 80.7 Å². The zero-order valence-corrected chi connectivity index (χ0v) is 13.8. The summed E-state index contributed by atoms with van der Waals surface area (Å²) >= 11 is 0. The highest BCUT2D eigenvalue weighted by Crippen LogP contribution is 2.39. The topological polar surface area (TPSA) is 38.9 Å². The summed E-state index contributed by atoms with van der Waals surface area (Å²) in [5.74, 6) is 1.11. The maximum absolute atomic E-state index is 13.5. The maximum Gasteiger partial charge on any atom is 0.123 e. The zero-order valence-electron chi connectivity index (χ0n) is 13.0. The molecule has 22 heavy (non-hydrogen) atoms. The molecule has 4 heteroatoms.